The molecule has 204 valence electrons. The standard InChI is InChI=1S/C28H40ClN3O4S/c1-6-8-18-30-28(34)25(7-2)31(20-23-16-14-21(3)15-17-23)27(33)13-10-19-32(37(5,35)36)26-12-9-11-24(29)22(26)4/h9,11-12,14-17,25H,6-8,10,13,18-20H2,1-5H3,(H,30,34)/t25-/m1/s1. The number of sulfonamides is 1. The van der Waals surface area contributed by atoms with Gasteiger partial charge in [0.05, 0.1) is 11.9 Å². The Morgan fingerprint density at radius 2 is 1.70 bits per heavy atom. The lowest BCUT2D eigenvalue weighted by molar-refractivity contribution is -0.141. The molecule has 37 heavy (non-hydrogen) atoms. The number of rotatable bonds is 14. The zero-order valence-electron chi connectivity index (χ0n) is 22.6. The van der Waals surface area contributed by atoms with E-state index in [1.54, 1.807) is 30.0 Å². The summed E-state index contributed by atoms with van der Waals surface area (Å²) in [6.45, 7) is 8.73. The van der Waals surface area contributed by atoms with Gasteiger partial charge in [0.2, 0.25) is 21.8 Å². The van der Waals surface area contributed by atoms with E-state index in [0.29, 0.717) is 42.2 Å². The third-order valence-corrected chi connectivity index (χ3v) is 7.94. The molecule has 1 atom stereocenters. The van der Waals surface area contributed by atoms with Crippen LogP contribution in [-0.4, -0.2) is 50.5 Å². The highest BCUT2D eigenvalue weighted by Crippen LogP contribution is 2.28. The minimum Gasteiger partial charge on any atom is -0.354 e. The highest BCUT2D eigenvalue weighted by atomic mass is 35.5. The Kier molecular flexibility index (Phi) is 11.9. The van der Waals surface area contributed by atoms with Crippen LogP contribution < -0.4 is 9.62 Å². The maximum atomic E-state index is 13.5. The van der Waals surface area contributed by atoms with Crippen LogP contribution in [0.1, 0.15) is 62.6 Å². The second-order valence-corrected chi connectivity index (χ2v) is 11.7. The molecule has 0 saturated heterocycles. The summed E-state index contributed by atoms with van der Waals surface area (Å²) in [7, 11) is -3.59. The molecular weight excluding hydrogens is 510 g/mol. The van der Waals surface area contributed by atoms with Crippen LogP contribution in [-0.2, 0) is 26.2 Å². The molecule has 9 heteroatoms. The van der Waals surface area contributed by atoms with Crippen molar-refractivity contribution < 1.29 is 18.0 Å². The Bertz CT molecular complexity index is 1150. The molecule has 7 nitrogen and oxygen atoms in total. The van der Waals surface area contributed by atoms with Crippen LogP contribution in [0.15, 0.2) is 42.5 Å². The summed E-state index contributed by atoms with van der Waals surface area (Å²) in [6, 6.07) is 12.4. The van der Waals surface area contributed by atoms with E-state index in [9.17, 15) is 18.0 Å². The Morgan fingerprint density at radius 1 is 1.03 bits per heavy atom. The molecule has 2 rings (SSSR count). The number of aryl methyl sites for hydroxylation is 1. The van der Waals surface area contributed by atoms with Crippen LogP contribution in [0.4, 0.5) is 5.69 Å². The first-order valence-corrected chi connectivity index (χ1v) is 15.1. The first kappa shape index (κ1) is 30.6. The summed E-state index contributed by atoms with van der Waals surface area (Å²) in [5.41, 5.74) is 3.21. The summed E-state index contributed by atoms with van der Waals surface area (Å²) in [6.07, 6.45) is 3.87. The monoisotopic (exact) mass is 549 g/mol. The summed E-state index contributed by atoms with van der Waals surface area (Å²) >= 11 is 6.23. The van der Waals surface area contributed by atoms with Crippen molar-refractivity contribution in [2.45, 2.75) is 72.4 Å². The minimum atomic E-state index is -3.59. The fourth-order valence-corrected chi connectivity index (χ4v) is 5.35. The van der Waals surface area contributed by atoms with Gasteiger partial charge in [-0.05, 0) is 56.4 Å². The fraction of sp³-hybridized carbons (Fsp3) is 0.500. The van der Waals surface area contributed by atoms with Crippen molar-refractivity contribution in [3.05, 3.63) is 64.2 Å². The van der Waals surface area contributed by atoms with E-state index >= 15 is 0 Å². The number of halogens is 1. The average molecular weight is 550 g/mol. The van der Waals surface area contributed by atoms with Crippen LogP contribution in [0.5, 0.6) is 0 Å². The maximum Gasteiger partial charge on any atom is 0.242 e. The van der Waals surface area contributed by atoms with Crippen LogP contribution in [0.3, 0.4) is 0 Å². The molecule has 0 aliphatic carbocycles. The van der Waals surface area contributed by atoms with Crippen molar-refractivity contribution in [3.8, 4) is 0 Å². The Labute approximate surface area is 227 Å². The van der Waals surface area contributed by atoms with E-state index < -0.39 is 16.1 Å². The van der Waals surface area contributed by atoms with Crippen molar-refractivity contribution >= 4 is 39.1 Å². The molecular formula is C28H40ClN3O4S. The summed E-state index contributed by atoms with van der Waals surface area (Å²) in [4.78, 5) is 28.1. The van der Waals surface area contributed by atoms with Gasteiger partial charge in [0.15, 0.2) is 0 Å². The number of carbonyl (C=O) groups excluding carboxylic acids is 2. The summed E-state index contributed by atoms with van der Waals surface area (Å²) < 4.78 is 26.4. The van der Waals surface area contributed by atoms with E-state index in [-0.39, 0.29) is 24.8 Å². The molecule has 0 unspecified atom stereocenters. The molecule has 2 amide bonds. The van der Waals surface area contributed by atoms with Gasteiger partial charge < -0.3 is 10.2 Å². The van der Waals surface area contributed by atoms with Crippen molar-refractivity contribution in [2.75, 3.05) is 23.7 Å². The van der Waals surface area contributed by atoms with Gasteiger partial charge in [-0.15, -0.1) is 0 Å². The largest absolute Gasteiger partial charge is 0.354 e. The molecule has 0 radical (unpaired) electrons. The van der Waals surface area contributed by atoms with Gasteiger partial charge in [-0.3, -0.25) is 13.9 Å². The van der Waals surface area contributed by atoms with E-state index in [1.807, 2.05) is 38.1 Å². The smallest absolute Gasteiger partial charge is 0.242 e. The van der Waals surface area contributed by atoms with Gasteiger partial charge in [0, 0.05) is 31.1 Å². The van der Waals surface area contributed by atoms with Gasteiger partial charge in [0.1, 0.15) is 6.04 Å². The van der Waals surface area contributed by atoms with E-state index in [1.165, 1.54) is 4.31 Å². The first-order valence-electron chi connectivity index (χ1n) is 12.8. The maximum absolute atomic E-state index is 13.5. The number of hydrogen-bond acceptors (Lipinski definition) is 4. The van der Waals surface area contributed by atoms with Crippen LogP contribution in [0.25, 0.3) is 0 Å². The minimum absolute atomic E-state index is 0.107. The molecule has 0 aromatic heterocycles. The van der Waals surface area contributed by atoms with E-state index in [4.69, 9.17) is 11.6 Å². The van der Waals surface area contributed by atoms with Crippen molar-refractivity contribution in [1.82, 2.24) is 10.2 Å². The molecule has 0 aliphatic heterocycles. The fourth-order valence-electron chi connectivity index (χ4n) is 4.16. The number of nitrogens with zero attached hydrogens (tertiary/aromatic N) is 2. The Morgan fingerprint density at radius 3 is 2.30 bits per heavy atom. The lowest BCUT2D eigenvalue weighted by atomic mass is 10.1. The molecule has 1 N–H and O–H groups in total. The zero-order chi connectivity index (χ0) is 27.6. The van der Waals surface area contributed by atoms with Crippen LogP contribution in [0, 0.1) is 13.8 Å². The Hall–Kier alpha value is -2.58. The summed E-state index contributed by atoms with van der Waals surface area (Å²) in [5.74, 6) is -0.349. The van der Waals surface area contributed by atoms with Gasteiger partial charge in [0.25, 0.3) is 0 Å². The normalized spacial score (nSPS) is 12.2. The van der Waals surface area contributed by atoms with Gasteiger partial charge in [-0.25, -0.2) is 8.42 Å². The van der Waals surface area contributed by atoms with E-state index in [0.717, 1.165) is 30.2 Å². The third-order valence-electron chi connectivity index (χ3n) is 6.35. The molecule has 0 fully saturated rings. The zero-order valence-corrected chi connectivity index (χ0v) is 24.2. The van der Waals surface area contributed by atoms with Crippen LogP contribution in [0.2, 0.25) is 5.02 Å². The number of unbranched alkanes of at least 4 members (excludes halogenated alkanes) is 1. The molecule has 0 aliphatic rings. The molecule has 2 aromatic rings. The van der Waals surface area contributed by atoms with Crippen molar-refractivity contribution in [3.63, 3.8) is 0 Å². The number of carbonyl (C=O) groups is 2. The second-order valence-electron chi connectivity index (χ2n) is 9.40. The number of amides is 2. The summed E-state index contributed by atoms with van der Waals surface area (Å²) in [5, 5.41) is 3.44. The highest BCUT2D eigenvalue weighted by molar-refractivity contribution is 7.92. The molecule has 0 bridgehead atoms. The molecule has 2 aromatic carbocycles. The average Bonchev–Trinajstić information content (AvgIpc) is 2.84. The Balaban J connectivity index is 2.22. The second kappa shape index (κ2) is 14.4. The quantitative estimate of drug-likeness (QED) is 0.327. The van der Waals surface area contributed by atoms with Crippen molar-refractivity contribution in [1.29, 1.82) is 0 Å². The number of benzene rings is 2. The van der Waals surface area contributed by atoms with Gasteiger partial charge >= 0.3 is 0 Å². The van der Waals surface area contributed by atoms with Crippen molar-refractivity contribution in [2.24, 2.45) is 0 Å². The lowest BCUT2D eigenvalue weighted by Crippen LogP contribution is -2.49. The van der Waals surface area contributed by atoms with Crippen LogP contribution >= 0.6 is 11.6 Å². The topological polar surface area (TPSA) is 86.8 Å². The first-order chi connectivity index (χ1) is 17.5. The van der Waals surface area contributed by atoms with Gasteiger partial charge in [-0.2, -0.15) is 0 Å². The molecule has 0 saturated carbocycles. The van der Waals surface area contributed by atoms with Gasteiger partial charge in [-0.1, -0.05) is 67.8 Å². The highest BCUT2D eigenvalue weighted by Gasteiger charge is 2.29. The molecule has 0 heterocycles. The lowest BCUT2D eigenvalue weighted by Gasteiger charge is -2.31. The number of anilines is 1. The SMILES string of the molecule is CCCCNC(=O)[C@@H](CC)N(Cc1ccc(C)cc1)C(=O)CCCN(c1cccc(Cl)c1C)S(C)(=O)=O. The van der Waals surface area contributed by atoms with E-state index in [2.05, 4.69) is 12.2 Å². The number of hydrogen-bond donors (Lipinski definition) is 1. The third kappa shape index (κ3) is 9.04. The predicted octanol–water partition coefficient (Wildman–Crippen LogP) is 5.23. The number of nitrogens with one attached hydrogen (secondary N) is 1. The molecule has 0 spiro atoms. The predicted molar refractivity (Wildman–Crippen MR) is 151 cm³/mol.